The number of amides is 1. The topological polar surface area (TPSA) is 67.5 Å². The Bertz CT molecular complexity index is 1000. The lowest BCUT2D eigenvalue weighted by atomic mass is 10.1. The molecule has 0 bridgehead atoms. The van der Waals surface area contributed by atoms with Crippen LogP contribution in [0.25, 0.3) is 11.1 Å². The summed E-state index contributed by atoms with van der Waals surface area (Å²) in [4.78, 5) is 26.7. The SMILES string of the molecule is O=C(c1ccc2oc(=O)n(Cc3ccc(F)cc3)c2c1)N1CCNCC1. The lowest BCUT2D eigenvalue weighted by Crippen LogP contribution is -2.46. The molecule has 134 valence electrons. The highest BCUT2D eigenvalue weighted by molar-refractivity contribution is 5.97. The molecule has 2 aromatic carbocycles. The molecule has 0 spiro atoms. The van der Waals surface area contributed by atoms with Crippen LogP contribution in [0.5, 0.6) is 0 Å². The summed E-state index contributed by atoms with van der Waals surface area (Å²) < 4.78 is 19.8. The minimum Gasteiger partial charge on any atom is -0.408 e. The van der Waals surface area contributed by atoms with Crippen LogP contribution in [0.15, 0.2) is 51.7 Å². The van der Waals surface area contributed by atoms with Crippen molar-refractivity contribution in [3.63, 3.8) is 0 Å². The molecule has 2 heterocycles. The van der Waals surface area contributed by atoms with Gasteiger partial charge in [0.15, 0.2) is 5.58 Å². The number of benzene rings is 2. The Labute approximate surface area is 148 Å². The molecule has 0 radical (unpaired) electrons. The maximum atomic E-state index is 13.1. The van der Waals surface area contributed by atoms with Gasteiger partial charge in [0.25, 0.3) is 5.91 Å². The van der Waals surface area contributed by atoms with Crippen molar-refractivity contribution in [2.24, 2.45) is 0 Å². The first-order valence-electron chi connectivity index (χ1n) is 8.50. The molecule has 26 heavy (non-hydrogen) atoms. The fourth-order valence-corrected chi connectivity index (χ4v) is 3.17. The van der Waals surface area contributed by atoms with E-state index in [0.717, 1.165) is 18.7 Å². The molecule has 7 heteroatoms. The number of fused-ring (bicyclic) bond motifs is 1. The highest BCUT2D eigenvalue weighted by Crippen LogP contribution is 2.18. The van der Waals surface area contributed by atoms with Crippen molar-refractivity contribution in [2.75, 3.05) is 26.2 Å². The van der Waals surface area contributed by atoms with Crippen LogP contribution in [0.4, 0.5) is 4.39 Å². The monoisotopic (exact) mass is 355 g/mol. The van der Waals surface area contributed by atoms with Gasteiger partial charge in [-0.05, 0) is 35.9 Å². The largest absolute Gasteiger partial charge is 0.420 e. The van der Waals surface area contributed by atoms with Gasteiger partial charge < -0.3 is 14.6 Å². The van der Waals surface area contributed by atoms with E-state index in [1.165, 1.54) is 16.7 Å². The number of rotatable bonds is 3. The lowest BCUT2D eigenvalue weighted by molar-refractivity contribution is 0.0736. The summed E-state index contributed by atoms with van der Waals surface area (Å²) in [5.74, 6) is -0.895. The Morgan fingerprint density at radius 3 is 2.58 bits per heavy atom. The molecule has 1 saturated heterocycles. The van der Waals surface area contributed by atoms with Crippen LogP contribution in [0, 0.1) is 5.82 Å². The molecule has 1 aliphatic rings. The molecule has 1 N–H and O–H groups in total. The van der Waals surface area contributed by atoms with E-state index in [4.69, 9.17) is 4.42 Å². The number of carbonyl (C=O) groups is 1. The maximum Gasteiger partial charge on any atom is 0.420 e. The number of hydrogen-bond acceptors (Lipinski definition) is 4. The minimum absolute atomic E-state index is 0.0598. The second kappa shape index (κ2) is 6.76. The number of aromatic nitrogens is 1. The first-order chi connectivity index (χ1) is 12.6. The average Bonchev–Trinajstić information content (AvgIpc) is 2.98. The molecule has 0 atom stereocenters. The number of nitrogens with zero attached hydrogens (tertiary/aromatic N) is 2. The number of piperazine rings is 1. The highest BCUT2D eigenvalue weighted by Gasteiger charge is 2.19. The van der Waals surface area contributed by atoms with Crippen LogP contribution >= 0.6 is 0 Å². The smallest absolute Gasteiger partial charge is 0.408 e. The third kappa shape index (κ3) is 3.13. The Balaban J connectivity index is 1.69. The standard InChI is InChI=1S/C19H18FN3O3/c20-15-4-1-13(2-5-15)12-23-16-11-14(3-6-17(16)26-19(23)25)18(24)22-9-7-21-8-10-22/h1-6,11,21H,7-10,12H2. The molecule has 4 rings (SSSR count). The summed E-state index contributed by atoms with van der Waals surface area (Å²) in [6, 6.07) is 11.0. The molecule has 0 aliphatic carbocycles. The quantitative estimate of drug-likeness (QED) is 0.778. The molecular formula is C19H18FN3O3. The molecule has 1 amide bonds. The Morgan fingerprint density at radius 1 is 1.12 bits per heavy atom. The van der Waals surface area contributed by atoms with Gasteiger partial charge in [0.2, 0.25) is 0 Å². The zero-order chi connectivity index (χ0) is 18.1. The third-order valence-electron chi connectivity index (χ3n) is 4.57. The Kier molecular flexibility index (Phi) is 4.30. The van der Waals surface area contributed by atoms with E-state index in [1.807, 2.05) is 0 Å². The molecule has 6 nitrogen and oxygen atoms in total. The zero-order valence-electron chi connectivity index (χ0n) is 14.1. The van der Waals surface area contributed by atoms with Crippen molar-refractivity contribution in [3.8, 4) is 0 Å². The Morgan fingerprint density at radius 2 is 1.85 bits per heavy atom. The van der Waals surface area contributed by atoms with Crippen molar-refractivity contribution in [1.82, 2.24) is 14.8 Å². The van der Waals surface area contributed by atoms with Crippen molar-refractivity contribution >= 4 is 17.0 Å². The van der Waals surface area contributed by atoms with Gasteiger partial charge >= 0.3 is 5.76 Å². The molecule has 1 aromatic heterocycles. The number of carbonyl (C=O) groups excluding carboxylic acids is 1. The van der Waals surface area contributed by atoms with Crippen molar-refractivity contribution < 1.29 is 13.6 Å². The highest BCUT2D eigenvalue weighted by atomic mass is 19.1. The van der Waals surface area contributed by atoms with Crippen molar-refractivity contribution in [2.45, 2.75) is 6.54 Å². The van der Waals surface area contributed by atoms with Crippen molar-refractivity contribution in [1.29, 1.82) is 0 Å². The number of hydrogen-bond donors (Lipinski definition) is 1. The van der Waals surface area contributed by atoms with Crippen LogP contribution in [-0.2, 0) is 6.54 Å². The van der Waals surface area contributed by atoms with Gasteiger partial charge in [-0.1, -0.05) is 12.1 Å². The number of oxazole rings is 1. The fourth-order valence-electron chi connectivity index (χ4n) is 3.17. The summed E-state index contributed by atoms with van der Waals surface area (Å²) in [7, 11) is 0. The van der Waals surface area contributed by atoms with E-state index < -0.39 is 5.76 Å². The van der Waals surface area contributed by atoms with Gasteiger partial charge in [-0.15, -0.1) is 0 Å². The predicted octanol–water partition coefficient (Wildman–Crippen LogP) is 1.83. The van der Waals surface area contributed by atoms with Crippen molar-refractivity contribution in [3.05, 3.63) is 70.0 Å². The molecule has 0 unspecified atom stereocenters. The van der Waals surface area contributed by atoms with Crippen LogP contribution in [0.2, 0.25) is 0 Å². The van der Waals surface area contributed by atoms with Gasteiger partial charge in [0.1, 0.15) is 5.82 Å². The van der Waals surface area contributed by atoms with E-state index in [9.17, 15) is 14.0 Å². The first kappa shape index (κ1) is 16.5. The second-order valence-corrected chi connectivity index (χ2v) is 6.31. The van der Waals surface area contributed by atoms with Crippen LogP contribution in [0.1, 0.15) is 15.9 Å². The van der Waals surface area contributed by atoms with Gasteiger partial charge in [-0.25, -0.2) is 9.18 Å². The predicted molar refractivity (Wildman–Crippen MR) is 94.7 cm³/mol. The fraction of sp³-hybridized carbons (Fsp3) is 0.263. The molecule has 3 aromatic rings. The molecular weight excluding hydrogens is 337 g/mol. The van der Waals surface area contributed by atoms with E-state index >= 15 is 0 Å². The van der Waals surface area contributed by atoms with E-state index in [2.05, 4.69) is 5.32 Å². The molecule has 1 fully saturated rings. The van der Waals surface area contributed by atoms with E-state index in [0.29, 0.717) is 29.8 Å². The number of nitrogens with one attached hydrogen (secondary N) is 1. The molecule has 1 aliphatic heterocycles. The second-order valence-electron chi connectivity index (χ2n) is 6.31. The van der Waals surface area contributed by atoms with Gasteiger partial charge in [0, 0.05) is 31.7 Å². The zero-order valence-corrected chi connectivity index (χ0v) is 14.1. The molecule has 0 saturated carbocycles. The lowest BCUT2D eigenvalue weighted by Gasteiger charge is -2.27. The summed E-state index contributed by atoms with van der Waals surface area (Å²) in [6.45, 7) is 3.11. The van der Waals surface area contributed by atoms with Gasteiger partial charge in [0.05, 0.1) is 12.1 Å². The van der Waals surface area contributed by atoms with Crippen LogP contribution < -0.4 is 11.1 Å². The van der Waals surface area contributed by atoms with Gasteiger partial charge in [-0.2, -0.15) is 0 Å². The normalized spacial score (nSPS) is 14.7. The van der Waals surface area contributed by atoms with E-state index in [1.54, 1.807) is 35.2 Å². The minimum atomic E-state index is -0.504. The maximum absolute atomic E-state index is 13.1. The van der Waals surface area contributed by atoms with E-state index in [-0.39, 0.29) is 18.3 Å². The summed E-state index contributed by atoms with van der Waals surface area (Å²) in [5.41, 5.74) is 2.28. The van der Waals surface area contributed by atoms with Crippen LogP contribution in [-0.4, -0.2) is 41.6 Å². The Hall–Kier alpha value is -2.93. The van der Waals surface area contributed by atoms with Gasteiger partial charge in [-0.3, -0.25) is 9.36 Å². The van der Waals surface area contributed by atoms with Crippen LogP contribution in [0.3, 0.4) is 0 Å². The number of halogens is 1. The summed E-state index contributed by atoms with van der Waals surface area (Å²) >= 11 is 0. The summed E-state index contributed by atoms with van der Waals surface area (Å²) in [6.07, 6.45) is 0. The average molecular weight is 355 g/mol. The summed E-state index contributed by atoms with van der Waals surface area (Å²) in [5, 5.41) is 3.21. The first-order valence-corrected chi connectivity index (χ1v) is 8.50. The third-order valence-corrected chi connectivity index (χ3v) is 4.57.